The predicted octanol–water partition coefficient (Wildman–Crippen LogP) is 1.42. The lowest BCUT2D eigenvalue weighted by Gasteiger charge is -2.09. The van der Waals surface area contributed by atoms with Crippen LogP contribution in [0.3, 0.4) is 0 Å². The molecule has 0 spiro atoms. The lowest BCUT2D eigenvalue weighted by molar-refractivity contribution is 0.619. The van der Waals surface area contributed by atoms with Crippen molar-refractivity contribution in [1.82, 2.24) is 5.53 Å². The number of aryl methyl sites for hydroxylation is 1. The van der Waals surface area contributed by atoms with Crippen molar-refractivity contribution in [3.63, 3.8) is 0 Å². The maximum absolute atomic E-state index is 13.0. The molecule has 0 saturated heterocycles. The second-order valence-corrected chi connectivity index (χ2v) is 2.91. The van der Waals surface area contributed by atoms with Crippen LogP contribution in [0.5, 0.6) is 0 Å². The van der Waals surface area contributed by atoms with Gasteiger partial charge in [-0.05, 0) is 18.6 Å². The van der Waals surface area contributed by atoms with E-state index in [-0.39, 0.29) is 5.82 Å². The van der Waals surface area contributed by atoms with Crippen LogP contribution in [0, 0.1) is 12.7 Å². The summed E-state index contributed by atoms with van der Waals surface area (Å²) in [5.74, 6) is -0.182. The predicted molar refractivity (Wildman–Crippen MR) is 46.3 cm³/mol. The highest BCUT2D eigenvalue weighted by molar-refractivity contribution is 5.73. The van der Waals surface area contributed by atoms with Crippen LogP contribution in [-0.4, -0.2) is 7.05 Å². The molecule has 0 radical (unpaired) electrons. The molecule has 0 saturated carbocycles. The Balaban J connectivity index is 2.56. The number of benzene rings is 1. The van der Waals surface area contributed by atoms with Crippen LogP contribution in [-0.2, 0) is 0 Å². The van der Waals surface area contributed by atoms with Gasteiger partial charge in [0.05, 0.1) is 11.4 Å². The van der Waals surface area contributed by atoms with Crippen LogP contribution < -0.4 is 16.0 Å². The molecule has 1 heterocycles. The first kappa shape index (κ1) is 7.36. The zero-order valence-corrected chi connectivity index (χ0v) is 6.98. The molecule has 64 valence electrons. The SMILES string of the molecule is Cc1cc2c(cc1F)NNN2C. The average Bonchev–Trinajstić information content (AvgIpc) is 2.35. The van der Waals surface area contributed by atoms with E-state index in [9.17, 15) is 4.39 Å². The number of rotatable bonds is 0. The number of hydrogen-bond acceptors (Lipinski definition) is 3. The fraction of sp³-hybridized carbons (Fsp3) is 0.250. The van der Waals surface area contributed by atoms with Crippen molar-refractivity contribution in [1.29, 1.82) is 0 Å². The highest BCUT2D eigenvalue weighted by Crippen LogP contribution is 2.30. The number of nitrogens with zero attached hydrogens (tertiary/aromatic N) is 1. The third-order valence-corrected chi connectivity index (χ3v) is 2.00. The molecule has 0 bridgehead atoms. The molecule has 1 aromatic carbocycles. The van der Waals surface area contributed by atoms with Gasteiger partial charge in [0.1, 0.15) is 5.82 Å². The molecule has 2 N–H and O–H groups in total. The van der Waals surface area contributed by atoms with Gasteiger partial charge < -0.3 is 5.43 Å². The van der Waals surface area contributed by atoms with Gasteiger partial charge in [0, 0.05) is 13.1 Å². The van der Waals surface area contributed by atoms with Crippen molar-refractivity contribution in [2.75, 3.05) is 17.5 Å². The molecule has 1 aliphatic rings. The first-order valence-electron chi connectivity index (χ1n) is 3.74. The Kier molecular flexibility index (Phi) is 1.44. The second-order valence-electron chi connectivity index (χ2n) is 2.91. The van der Waals surface area contributed by atoms with Gasteiger partial charge in [0.2, 0.25) is 0 Å². The zero-order valence-electron chi connectivity index (χ0n) is 6.98. The van der Waals surface area contributed by atoms with Gasteiger partial charge in [-0.2, -0.15) is 0 Å². The average molecular weight is 167 g/mol. The minimum atomic E-state index is -0.182. The number of anilines is 2. The molecule has 0 fully saturated rings. The van der Waals surface area contributed by atoms with Gasteiger partial charge in [-0.3, -0.25) is 5.01 Å². The summed E-state index contributed by atoms with van der Waals surface area (Å²) < 4.78 is 13.0. The fourth-order valence-electron chi connectivity index (χ4n) is 1.25. The quantitative estimate of drug-likeness (QED) is 0.611. The number of fused-ring (bicyclic) bond motifs is 1. The molecule has 4 heteroatoms. The Hall–Kier alpha value is -1.29. The maximum atomic E-state index is 13.0. The number of hydrogen-bond donors (Lipinski definition) is 2. The van der Waals surface area contributed by atoms with Crippen molar-refractivity contribution in [2.24, 2.45) is 0 Å². The number of halogens is 1. The summed E-state index contributed by atoms with van der Waals surface area (Å²) in [6.45, 7) is 1.75. The van der Waals surface area contributed by atoms with E-state index in [1.807, 2.05) is 12.1 Å². The third-order valence-electron chi connectivity index (χ3n) is 2.00. The Morgan fingerprint density at radius 3 is 2.92 bits per heavy atom. The third kappa shape index (κ3) is 0.921. The van der Waals surface area contributed by atoms with Crippen LogP contribution in [0.1, 0.15) is 5.56 Å². The van der Waals surface area contributed by atoms with Crippen LogP contribution in [0.25, 0.3) is 0 Å². The molecule has 3 nitrogen and oxygen atoms in total. The molecule has 1 aliphatic heterocycles. The van der Waals surface area contributed by atoms with E-state index in [0.29, 0.717) is 5.56 Å². The zero-order chi connectivity index (χ0) is 8.72. The van der Waals surface area contributed by atoms with E-state index < -0.39 is 0 Å². The van der Waals surface area contributed by atoms with E-state index in [1.165, 1.54) is 6.07 Å². The van der Waals surface area contributed by atoms with Crippen LogP contribution >= 0.6 is 0 Å². The lowest BCUT2D eigenvalue weighted by atomic mass is 10.2. The summed E-state index contributed by atoms with van der Waals surface area (Å²) in [6.07, 6.45) is 0. The summed E-state index contributed by atoms with van der Waals surface area (Å²) in [5, 5.41) is 1.81. The molecule has 0 amide bonds. The molecule has 0 atom stereocenters. The molecular weight excluding hydrogens is 157 g/mol. The summed E-state index contributed by atoms with van der Waals surface area (Å²) >= 11 is 0. The highest BCUT2D eigenvalue weighted by atomic mass is 19.1. The summed E-state index contributed by atoms with van der Waals surface area (Å²) in [4.78, 5) is 0. The van der Waals surface area contributed by atoms with E-state index in [4.69, 9.17) is 0 Å². The van der Waals surface area contributed by atoms with Crippen molar-refractivity contribution in [3.05, 3.63) is 23.5 Å². The van der Waals surface area contributed by atoms with Crippen LogP contribution in [0.4, 0.5) is 15.8 Å². The molecular formula is C8H10FN3. The maximum Gasteiger partial charge on any atom is 0.128 e. The van der Waals surface area contributed by atoms with Gasteiger partial charge in [-0.25, -0.2) is 4.39 Å². The van der Waals surface area contributed by atoms with E-state index in [2.05, 4.69) is 11.0 Å². The van der Waals surface area contributed by atoms with E-state index in [0.717, 1.165) is 11.4 Å². The van der Waals surface area contributed by atoms with Gasteiger partial charge >= 0.3 is 0 Å². The van der Waals surface area contributed by atoms with E-state index >= 15 is 0 Å². The molecule has 1 aromatic rings. The smallest absolute Gasteiger partial charge is 0.128 e. The van der Waals surface area contributed by atoms with Crippen molar-refractivity contribution >= 4 is 11.4 Å². The monoisotopic (exact) mass is 167 g/mol. The topological polar surface area (TPSA) is 27.3 Å². The van der Waals surface area contributed by atoms with E-state index in [1.54, 1.807) is 13.0 Å². The highest BCUT2D eigenvalue weighted by Gasteiger charge is 2.16. The first-order valence-corrected chi connectivity index (χ1v) is 3.74. The van der Waals surface area contributed by atoms with Gasteiger partial charge in [-0.1, -0.05) is 0 Å². The summed E-state index contributed by atoms with van der Waals surface area (Å²) in [6, 6.07) is 3.29. The Labute approximate surface area is 70.1 Å². The van der Waals surface area contributed by atoms with Crippen molar-refractivity contribution in [3.8, 4) is 0 Å². The number of hydrazine groups is 2. The molecule has 0 aliphatic carbocycles. The minimum Gasteiger partial charge on any atom is -0.302 e. The fourth-order valence-corrected chi connectivity index (χ4v) is 1.25. The number of nitrogens with one attached hydrogen (secondary N) is 2. The molecule has 0 unspecified atom stereocenters. The van der Waals surface area contributed by atoms with Gasteiger partial charge in [0.15, 0.2) is 0 Å². The second kappa shape index (κ2) is 2.35. The molecule has 0 aromatic heterocycles. The summed E-state index contributed by atoms with van der Waals surface area (Å²) in [7, 11) is 1.87. The van der Waals surface area contributed by atoms with Gasteiger partial charge in [-0.15, -0.1) is 5.53 Å². The lowest BCUT2D eigenvalue weighted by Crippen LogP contribution is -2.31. The normalized spacial score (nSPS) is 14.4. The standard InChI is InChI=1S/C8H10FN3/c1-5-3-8-7(4-6(5)9)10-11-12(8)2/h3-4,10-11H,1-2H3. The Bertz CT molecular complexity index is 324. The Morgan fingerprint density at radius 1 is 1.42 bits per heavy atom. The van der Waals surface area contributed by atoms with Gasteiger partial charge in [0.25, 0.3) is 0 Å². The Morgan fingerprint density at radius 2 is 2.17 bits per heavy atom. The molecule has 2 rings (SSSR count). The molecule has 12 heavy (non-hydrogen) atoms. The minimum absolute atomic E-state index is 0.182. The van der Waals surface area contributed by atoms with Crippen molar-refractivity contribution < 1.29 is 4.39 Å². The summed E-state index contributed by atoms with van der Waals surface area (Å²) in [5.41, 5.74) is 8.11. The van der Waals surface area contributed by atoms with Crippen LogP contribution in [0.15, 0.2) is 12.1 Å². The van der Waals surface area contributed by atoms with Crippen molar-refractivity contribution in [2.45, 2.75) is 6.92 Å². The largest absolute Gasteiger partial charge is 0.302 e. The first-order chi connectivity index (χ1) is 5.68. The van der Waals surface area contributed by atoms with Crippen LogP contribution in [0.2, 0.25) is 0 Å².